The molecule has 0 bridgehead atoms. The molecule has 0 aliphatic rings. The second-order valence-corrected chi connectivity index (χ2v) is 8.79. The topological polar surface area (TPSA) is 30.9 Å². The lowest BCUT2D eigenvalue weighted by Gasteiger charge is -2.24. The number of nitrogens with two attached hydrogens (primary N) is 1. The van der Waals surface area contributed by atoms with E-state index in [2.05, 4.69) is 132 Å². The maximum absolute atomic E-state index is 6.65. The van der Waals surface area contributed by atoms with Crippen LogP contribution < -0.4 is 5.73 Å². The smallest absolute Gasteiger partial charge is 0.0689 e. The molecule has 2 nitrogen and oxygen atoms in total. The molecule has 2 N–H and O–H groups in total. The van der Waals surface area contributed by atoms with Gasteiger partial charge in [0.15, 0.2) is 0 Å². The normalized spacial score (nSPS) is 11.2. The summed E-state index contributed by atoms with van der Waals surface area (Å²) < 4.78 is 2.39. The van der Waals surface area contributed by atoms with Gasteiger partial charge in [-0.25, -0.2) is 0 Å². The summed E-state index contributed by atoms with van der Waals surface area (Å²) in [5.41, 5.74) is 14.4. The number of nitrogen functional groups attached to an aromatic ring is 1. The Morgan fingerprint density at radius 1 is 0.486 bits per heavy atom. The Bertz CT molecular complexity index is 1540. The molecule has 0 radical (unpaired) electrons. The molecule has 0 aliphatic heterocycles. The van der Waals surface area contributed by atoms with Crippen LogP contribution in [0, 0.1) is 0 Å². The minimum Gasteiger partial charge on any atom is -0.397 e. The van der Waals surface area contributed by atoms with Crippen molar-refractivity contribution in [1.82, 2.24) is 4.57 Å². The zero-order valence-electron chi connectivity index (χ0n) is 19.4. The van der Waals surface area contributed by atoms with E-state index in [1.807, 2.05) is 12.1 Å². The quantitative estimate of drug-likeness (QED) is 0.265. The van der Waals surface area contributed by atoms with Gasteiger partial charge < -0.3 is 10.3 Å². The predicted octanol–water partition coefficient (Wildman–Crippen LogP) is 8.06. The summed E-state index contributed by atoms with van der Waals surface area (Å²) in [6, 6.07) is 49.0. The van der Waals surface area contributed by atoms with Gasteiger partial charge in [-0.1, -0.05) is 127 Å². The van der Waals surface area contributed by atoms with Crippen molar-refractivity contribution in [3.05, 3.63) is 156 Å². The second-order valence-electron chi connectivity index (χ2n) is 8.79. The maximum Gasteiger partial charge on any atom is 0.0689 e. The molecule has 6 aromatic rings. The van der Waals surface area contributed by atoms with E-state index in [9.17, 15) is 0 Å². The third-order valence-corrected chi connectivity index (χ3v) is 6.69. The Hall–Kier alpha value is -4.56. The van der Waals surface area contributed by atoms with Gasteiger partial charge >= 0.3 is 0 Å². The van der Waals surface area contributed by atoms with Crippen molar-refractivity contribution in [2.45, 2.75) is 5.92 Å². The minimum absolute atomic E-state index is 0.0272. The molecule has 0 unspecified atom stereocenters. The Balaban J connectivity index is 1.80. The predicted molar refractivity (Wildman–Crippen MR) is 147 cm³/mol. The van der Waals surface area contributed by atoms with Crippen LogP contribution in [0.4, 0.5) is 5.69 Å². The number of rotatable bonds is 5. The standard InChI is InChI=1S/C33H26N2/c34-29-22-12-13-23-30(29)35-32(26-18-8-3-9-19-26)27-20-10-11-21-28(27)33(35)31(24-14-4-1-5-15-24)25-16-6-2-7-17-25/h1-23,31H,34H2. The molecule has 0 atom stereocenters. The molecule has 1 heterocycles. The lowest BCUT2D eigenvalue weighted by molar-refractivity contribution is 0.877. The Morgan fingerprint density at radius 2 is 0.971 bits per heavy atom. The molecule has 0 fully saturated rings. The highest BCUT2D eigenvalue weighted by atomic mass is 15.0. The molecule has 0 saturated carbocycles. The van der Waals surface area contributed by atoms with Crippen molar-refractivity contribution < 1.29 is 0 Å². The van der Waals surface area contributed by atoms with Crippen LogP contribution in [-0.4, -0.2) is 4.57 Å². The first-order chi connectivity index (χ1) is 17.3. The Morgan fingerprint density at radius 3 is 1.57 bits per heavy atom. The zero-order chi connectivity index (χ0) is 23.6. The van der Waals surface area contributed by atoms with Crippen molar-refractivity contribution >= 4 is 16.5 Å². The summed E-state index contributed by atoms with van der Waals surface area (Å²) in [5.74, 6) is 0.0272. The van der Waals surface area contributed by atoms with Crippen molar-refractivity contribution in [1.29, 1.82) is 0 Å². The number of para-hydroxylation sites is 2. The monoisotopic (exact) mass is 450 g/mol. The van der Waals surface area contributed by atoms with Crippen LogP contribution in [0.2, 0.25) is 0 Å². The van der Waals surface area contributed by atoms with Gasteiger partial charge in [0.2, 0.25) is 0 Å². The summed E-state index contributed by atoms with van der Waals surface area (Å²) in [7, 11) is 0. The number of benzene rings is 5. The lowest BCUT2D eigenvalue weighted by atomic mass is 9.87. The van der Waals surface area contributed by atoms with E-state index < -0.39 is 0 Å². The van der Waals surface area contributed by atoms with Crippen molar-refractivity contribution in [3.8, 4) is 16.9 Å². The molecule has 1 aromatic heterocycles. The summed E-state index contributed by atoms with van der Waals surface area (Å²) in [6.07, 6.45) is 0. The van der Waals surface area contributed by atoms with Crippen LogP contribution >= 0.6 is 0 Å². The van der Waals surface area contributed by atoms with Crippen LogP contribution in [0.1, 0.15) is 22.7 Å². The SMILES string of the molecule is Nc1ccccc1-n1c(-c2ccccc2)c2ccccc2c1C(c1ccccc1)c1ccccc1. The van der Waals surface area contributed by atoms with Crippen LogP contribution in [0.5, 0.6) is 0 Å². The van der Waals surface area contributed by atoms with E-state index in [-0.39, 0.29) is 5.92 Å². The maximum atomic E-state index is 6.65. The number of aromatic nitrogens is 1. The number of hydrogen-bond donors (Lipinski definition) is 1. The summed E-state index contributed by atoms with van der Waals surface area (Å²) >= 11 is 0. The van der Waals surface area contributed by atoms with Gasteiger partial charge in [0.05, 0.1) is 23.0 Å². The second kappa shape index (κ2) is 9.00. The molecular weight excluding hydrogens is 424 g/mol. The first-order valence-electron chi connectivity index (χ1n) is 12.0. The number of nitrogens with zero attached hydrogens (tertiary/aromatic N) is 1. The van der Waals surface area contributed by atoms with Gasteiger partial charge in [0.25, 0.3) is 0 Å². The van der Waals surface area contributed by atoms with E-state index in [4.69, 9.17) is 5.73 Å². The zero-order valence-corrected chi connectivity index (χ0v) is 19.4. The van der Waals surface area contributed by atoms with Gasteiger partial charge in [-0.15, -0.1) is 0 Å². The van der Waals surface area contributed by atoms with Crippen molar-refractivity contribution in [2.24, 2.45) is 0 Å². The fourth-order valence-electron chi connectivity index (χ4n) is 5.18. The average molecular weight is 451 g/mol. The van der Waals surface area contributed by atoms with Crippen molar-refractivity contribution in [2.75, 3.05) is 5.73 Å². The third kappa shape index (κ3) is 3.70. The van der Waals surface area contributed by atoms with Crippen LogP contribution in [0.3, 0.4) is 0 Å². The first-order valence-corrected chi connectivity index (χ1v) is 12.0. The summed E-state index contributed by atoms with van der Waals surface area (Å²) in [5, 5.41) is 2.45. The van der Waals surface area contributed by atoms with Gasteiger partial charge in [-0.2, -0.15) is 0 Å². The Kier molecular flexibility index (Phi) is 5.40. The minimum atomic E-state index is 0.0272. The lowest BCUT2D eigenvalue weighted by Crippen LogP contribution is -2.12. The van der Waals surface area contributed by atoms with Crippen LogP contribution in [-0.2, 0) is 0 Å². The average Bonchev–Trinajstić information content (AvgIpc) is 3.25. The molecule has 2 heteroatoms. The molecule has 35 heavy (non-hydrogen) atoms. The van der Waals surface area contributed by atoms with Crippen LogP contribution in [0.15, 0.2) is 140 Å². The highest BCUT2D eigenvalue weighted by Gasteiger charge is 2.28. The molecular formula is C33H26N2. The molecule has 5 aromatic carbocycles. The van der Waals surface area contributed by atoms with Gasteiger partial charge in [-0.3, -0.25) is 0 Å². The van der Waals surface area contributed by atoms with Crippen LogP contribution in [0.25, 0.3) is 27.7 Å². The third-order valence-electron chi connectivity index (χ3n) is 6.69. The largest absolute Gasteiger partial charge is 0.397 e. The highest BCUT2D eigenvalue weighted by molar-refractivity contribution is 6.00. The summed E-state index contributed by atoms with van der Waals surface area (Å²) in [4.78, 5) is 0. The number of fused-ring (bicyclic) bond motifs is 1. The molecule has 0 spiro atoms. The van der Waals surface area contributed by atoms with Gasteiger partial charge in [0, 0.05) is 16.5 Å². The van der Waals surface area contributed by atoms with E-state index in [1.54, 1.807) is 0 Å². The fourth-order valence-corrected chi connectivity index (χ4v) is 5.18. The van der Waals surface area contributed by atoms with E-state index in [1.165, 1.54) is 27.6 Å². The molecule has 168 valence electrons. The van der Waals surface area contributed by atoms with E-state index in [0.29, 0.717) is 0 Å². The molecule has 0 saturated heterocycles. The first kappa shape index (κ1) is 21.0. The number of anilines is 1. The molecule has 0 aliphatic carbocycles. The van der Waals surface area contributed by atoms with Crippen molar-refractivity contribution in [3.63, 3.8) is 0 Å². The van der Waals surface area contributed by atoms with Gasteiger partial charge in [0.1, 0.15) is 0 Å². The highest BCUT2D eigenvalue weighted by Crippen LogP contribution is 2.44. The van der Waals surface area contributed by atoms with Gasteiger partial charge in [-0.05, 0) is 28.8 Å². The molecule has 6 rings (SSSR count). The summed E-state index contributed by atoms with van der Waals surface area (Å²) in [6.45, 7) is 0. The molecule has 0 amide bonds. The number of hydrogen-bond acceptors (Lipinski definition) is 1. The van der Waals surface area contributed by atoms with E-state index >= 15 is 0 Å². The van der Waals surface area contributed by atoms with E-state index in [0.717, 1.165) is 22.6 Å². The fraction of sp³-hybridized carbons (Fsp3) is 0.0303. The Labute approximate surface area is 205 Å².